The van der Waals surface area contributed by atoms with E-state index in [0.717, 1.165) is 13.1 Å². The van der Waals surface area contributed by atoms with Crippen molar-refractivity contribution in [3.8, 4) is 0 Å². The Balaban J connectivity index is 1.97. The van der Waals surface area contributed by atoms with Crippen LogP contribution in [0.25, 0.3) is 0 Å². The SMILES string of the molecule is C[C@@H]1CN(CC(=O)Nc2ccccc2C(N)=S)C[C@H](C)O1. The van der Waals surface area contributed by atoms with Crippen LogP contribution in [0.5, 0.6) is 0 Å². The van der Waals surface area contributed by atoms with Gasteiger partial charge in [0.05, 0.1) is 24.4 Å². The number of morpholine rings is 1. The number of anilines is 1. The van der Waals surface area contributed by atoms with Gasteiger partial charge in [0.2, 0.25) is 5.91 Å². The van der Waals surface area contributed by atoms with E-state index in [1.54, 1.807) is 12.1 Å². The van der Waals surface area contributed by atoms with Gasteiger partial charge in [-0.05, 0) is 26.0 Å². The Hall–Kier alpha value is -1.50. The highest BCUT2D eigenvalue weighted by Gasteiger charge is 2.23. The number of hydrogen-bond acceptors (Lipinski definition) is 4. The Kier molecular flexibility index (Phi) is 5.27. The number of thiocarbonyl (C=S) groups is 1. The Morgan fingerprint density at radius 1 is 1.38 bits per heavy atom. The van der Waals surface area contributed by atoms with Gasteiger partial charge >= 0.3 is 0 Å². The van der Waals surface area contributed by atoms with E-state index in [4.69, 9.17) is 22.7 Å². The van der Waals surface area contributed by atoms with Crippen LogP contribution in [0.1, 0.15) is 19.4 Å². The molecule has 1 saturated heterocycles. The quantitative estimate of drug-likeness (QED) is 0.822. The van der Waals surface area contributed by atoms with Gasteiger partial charge in [-0.1, -0.05) is 24.4 Å². The second-order valence-electron chi connectivity index (χ2n) is 5.41. The molecular formula is C15H21N3O2S. The average Bonchev–Trinajstić information content (AvgIpc) is 2.37. The molecule has 114 valence electrons. The van der Waals surface area contributed by atoms with Crippen molar-refractivity contribution in [1.29, 1.82) is 0 Å². The topological polar surface area (TPSA) is 67.6 Å². The summed E-state index contributed by atoms with van der Waals surface area (Å²) in [6.07, 6.45) is 0.288. The highest BCUT2D eigenvalue weighted by molar-refractivity contribution is 7.80. The molecule has 1 aliphatic heterocycles. The number of hydrogen-bond donors (Lipinski definition) is 2. The van der Waals surface area contributed by atoms with Crippen molar-refractivity contribution in [2.45, 2.75) is 26.1 Å². The molecule has 0 aromatic heterocycles. The van der Waals surface area contributed by atoms with Crippen LogP contribution in [0.4, 0.5) is 5.69 Å². The number of nitrogens with one attached hydrogen (secondary N) is 1. The molecule has 1 amide bonds. The summed E-state index contributed by atoms with van der Waals surface area (Å²) in [5, 5.41) is 2.88. The lowest BCUT2D eigenvalue weighted by Crippen LogP contribution is -2.48. The lowest BCUT2D eigenvalue weighted by Gasteiger charge is -2.34. The zero-order chi connectivity index (χ0) is 15.4. The summed E-state index contributed by atoms with van der Waals surface area (Å²) in [5.41, 5.74) is 7.01. The second kappa shape index (κ2) is 6.98. The molecule has 3 N–H and O–H groups in total. The third kappa shape index (κ3) is 4.49. The van der Waals surface area contributed by atoms with E-state index in [0.29, 0.717) is 17.8 Å². The molecular weight excluding hydrogens is 286 g/mol. The minimum atomic E-state index is -0.0694. The first-order valence-corrected chi connectivity index (χ1v) is 7.43. The molecule has 1 aliphatic rings. The minimum Gasteiger partial charge on any atom is -0.389 e. The predicted molar refractivity (Wildman–Crippen MR) is 87.4 cm³/mol. The summed E-state index contributed by atoms with van der Waals surface area (Å²) in [6.45, 7) is 5.89. The van der Waals surface area contributed by atoms with Crippen LogP contribution in [-0.2, 0) is 9.53 Å². The number of amides is 1. The van der Waals surface area contributed by atoms with Gasteiger partial charge in [0.15, 0.2) is 0 Å². The number of para-hydroxylation sites is 1. The van der Waals surface area contributed by atoms with Crippen molar-refractivity contribution < 1.29 is 9.53 Å². The van der Waals surface area contributed by atoms with Crippen LogP contribution in [0, 0.1) is 0 Å². The summed E-state index contributed by atoms with van der Waals surface area (Å²) < 4.78 is 5.66. The molecule has 0 unspecified atom stereocenters. The fourth-order valence-electron chi connectivity index (χ4n) is 2.61. The van der Waals surface area contributed by atoms with Crippen molar-refractivity contribution >= 4 is 28.8 Å². The van der Waals surface area contributed by atoms with Gasteiger partial charge in [-0.15, -0.1) is 0 Å². The minimum absolute atomic E-state index is 0.0694. The molecule has 1 heterocycles. The lowest BCUT2D eigenvalue weighted by atomic mass is 10.1. The second-order valence-corrected chi connectivity index (χ2v) is 5.85. The van der Waals surface area contributed by atoms with Gasteiger partial charge < -0.3 is 15.8 Å². The molecule has 21 heavy (non-hydrogen) atoms. The first-order valence-electron chi connectivity index (χ1n) is 7.02. The molecule has 0 radical (unpaired) electrons. The number of ether oxygens (including phenoxy) is 1. The standard InChI is InChI=1S/C15H21N3O2S/c1-10-7-18(8-11(2)20-10)9-14(19)17-13-6-4-3-5-12(13)15(16)21/h3-6,10-11H,7-9H2,1-2H3,(H2,16,21)(H,17,19)/t10-,11+. The van der Waals surface area contributed by atoms with E-state index in [9.17, 15) is 4.79 Å². The zero-order valence-electron chi connectivity index (χ0n) is 12.3. The van der Waals surface area contributed by atoms with Gasteiger partial charge in [-0.2, -0.15) is 0 Å². The first-order chi connectivity index (χ1) is 9.95. The van der Waals surface area contributed by atoms with Crippen molar-refractivity contribution in [3.05, 3.63) is 29.8 Å². The summed E-state index contributed by atoms with van der Waals surface area (Å²) in [4.78, 5) is 14.6. The fraction of sp³-hybridized carbons (Fsp3) is 0.467. The van der Waals surface area contributed by atoms with Gasteiger partial charge in [-0.25, -0.2) is 0 Å². The third-order valence-electron chi connectivity index (χ3n) is 3.33. The van der Waals surface area contributed by atoms with Gasteiger partial charge in [-0.3, -0.25) is 9.69 Å². The number of nitrogens with two attached hydrogens (primary N) is 1. The molecule has 0 bridgehead atoms. The van der Waals surface area contributed by atoms with Crippen molar-refractivity contribution in [2.24, 2.45) is 5.73 Å². The largest absolute Gasteiger partial charge is 0.389 e. The van der Waals surface area contributed by atoms with Gasteiger partial charge in [0.25, 0.3) is 0 Å². The molecule has 1 aromatic rings. The number of nitrogens with zero attached hydrogens (tertiary/aromatic N) is 1. The van der Waals surface area contributed by atoms with Crippen molar-refractivity contribution in [3.63, 3.8) is 0 Å². The molecule has 2 rings (SSSR count). The maximum Gasteiger partial charge on any atom is 0.238 e. The Morgan fingerprint density at radius 3 is 2.62 bits per heavy atom. The van der Waals surface area contributed by atoms with Crippen LogP contribution in [0.2, 0.25) is 0 Å². The van der Waals surface area contributed by atoms with E-state index in [1.807, 2.05) is 26.0 Å². The lowest BCUT2D eigenvalue weighted by molar-refractivity contribution is -0.121. The van der Waals surface area contributed by atoms with Crippen LogP contribution >= 0.6 is 12.2 Å². The van der Waals surface area contributed by atoms with Crippen molar-refractivity contribution in [2.75, 3.05) is 25.0 Å². The van der Waals surface area contributed by atoms with Crippen LogP contribution < -0.4 is 11.1 Å². The molecule has 0 spiro atoms. The monoisotopic (exact) mass is 307 g/mol. The molecule has 5 nitrogen and oxygen atoms in total. The maximum absolute atomic E-state index is 12.2. The molecule has 2 atom stereocenters. The maximum atomic E-state index is 12.2. The molecule has 6 heteroatoms. The number of carbonyl (C=O) groups is 1. The Labute approximate surface area is 130 Å². The predicted octanol–water partition coefficient (Wildman–Crippen LogP) is 1.37. The molecule has 1 aromatic carbocycles. The normalized spacial score (nSPS) is 22.8. The number of benzene rings is 1. The molecule has 0 aliphatic carbocycles. The van der Waals surface area contributed by atoms with Crippen LogP contribution in [0.15, 0.2) is 24.3 Å². The van der Waals surface area contributed by atoms with E-state index in [2.05, 4.69) is 10.2 Å². The first kappa shape index (κ1) is 15.9. The van der Waals surface area contributed by atoms with Crippen LogP contribution in [-0.4, -0.2) is 47.6 Å². The zero-order valence-corrected chi connectivity index (χ0v) is 13.2. The number of carbonyl (C=O) groups excluding carboxylic acids is 1. The smallest absolute Gasteiger partial charge is 0.238 e. The molecule has 1 fully saturated rings. The fourth-order valence-corrected chi connectivity index (χ4v) is 2.79. The van der Waals surface area contributed by atoms with Crippen LogP contribution in [0.3, 0.4) is 0 Å². The van der Waals surface area contributed by atoms with E-state index < -0.39 is 0 Å². The summed E-state index contributed by atoms with van der Waals surface area (Å²) in [5.74, 6) is -0.0694. The summed E-state index contributed by atoms with van der Waals surface area (Å²) in [6, 6.07) is 7.29. The highest BCUT2D eigenvalue weighted by atomic mass is 32.1. The average molecular weight is 307 g/mol. The van der Waals surface area contributed by atoms with E-state index in [1.165, 1.54) is 0 Å². The van der Waals surface area contributed by atoms with E-state index in [-0.39, 0.29) is 23.1 Å². The summed E-state index contributed by atoms with van der Waals surface area (Å²) >= 11 is 4.99. The number of rotatable bonds is 4. The van der Waals surface area contributed by atoms with Gasteiger partial charge in [0.1, 0.15) is 4.99 Å². The Bertz CT molecular complexity index is 525. The van der Waals surface area contributed by atoms with Gasteiger partial charge in [0, 0.05) is 18.7 Å². The van der Waals surface area contributed by atoms with Crippen molar-refractivity contribution in [1.82, 2.24) is 4.90 Å². The summed E-state index contributed by atoms with van der Waals surface area (Å²) in [7, 11) is 0. The third-order valence-corrected chi connectivity index (χ3v) is 3.55. The Morgan fingerprint density at radius 2 is 2.00 bits per heavy atom. The molecule has 0 saturated carbocycles. The highest BCUT2D eigenvalue weighted by Crippen LogP contribution is 2.15. The van der Waals surface area contributed by atoms with E-state index >= 15 is 0 Å².